The van der Waals surface area contributed by atoms with Gasteiger partial charge in [0.1, 0.15) is 17.6 Å². The fourth-order valence-electron chi connectivity index (χ4n) is 3.42. The standard InChI is InChI=1S/C21H22F2N6O/c1-12-19-20(28(3)13(2)21(30)27-19)26-18(25-12)7-5-15-9-24-29(11-15)10-14-4-6-16(22)17(23)8-14/h4,6,8-9,11,13H,5,7,10H2,1-3H3,(H,27,30)/t13-/m0/s1. The number of amides is 1. The van der Waals surface area contributed by atoms with Crippen molar-refractivity contribution in [3.8, 4) is 0 Å². The Hall–Kier alpha value is -3.36. The molecule has 1 atom stereocenters. The smallest absolute Gasteiger partial charge is 0.246 e. The van der Waals surface area contributed by atoms with Crippen molar-refractivity contribution >= 4 is 17.4 Å². The quantitative estimate of drug-likeness (QED) is 0.698. The lowest BCUT2D eigenvalue weighted by molar-refractivity contribution is -0.117. The maximum Gasteiger partial charge on any atom is 0.246 e. The van der Waals surface area contributed by atoms with Crippen LogP contribution in [0, 0.1) is 18.6 Å². The first kappa shape index (κ1) is 19.9. The van der Waals surface area contributed by atoms with Crippen molar-refractivity contribution in [1.29, 1.82) is 0 Å². The number of carbonyl (C=O) groups is 1. The summed E-state index contributed by atoms with van der Waals surface area (Å²) in [5.41, 5.74) is 3.02. The number of hydrogen-bond acceptors (Lipinski definition) is 5. The summed E-state index contributed by atoms with van der Waals surface area (Å²) in [6, 6.07) is 3.54. The highest BCUT2D eigenvalue weighted by Gasteiger charge is 2.30. The van der Waals surface area contributed by atoms with Crippen LogP contribution in [0.25, 0.3) is 0 Å². The monoisotopic (exact) mass is 412 g/mol. The highest BCUT2D eigenvalue weighted by Crippen LogP contribution is 2.31. The molecule has 0 bridgehead atoms. The van der Waals surface area contributed by atoms with Gasteiger partial charge in [-0.2, -0.15) is 5.10 Å². The van der Waals surface area contributed by atoms with E-state index in [2.05, 4.69) is 20.4 Å². The van der Waals surface area contributed by atoms with Crippen LogP contribution in [-0.2, 0) is 24.2 Å². The lowest BCUT2D eigenvalue weighted by Crippen LogP contribution is -2.45. The van der Waals surface area contributed by atoms with E-state index in [4.69, 9.17) is 0 Å². The Morgan fingerprint density at radius 1 is 1.13 bits per heavy atom. The van der Waals surface area contributed by atoms with Crippen molar-refractivity contribution in [3.05, 3.63) is 64.9 Å². The molecule has 1 aliphatic rings. The van der Waals surface area contributed by atoms with Gasteiger partial charge in [-0.15, -0.1) is 0 Å². The summed E-state index contributed by atoms with van der Waals surface area (Å²) in [4.78, 5) is 23.1. The van der Waals surface area contributed by atoms with Crippen LogP contribution in [0.1, 0.15) is 29.6 Å². The van der Waals surface area contributed by atoms with Gasteiger partial charge in [0.2, 0.25) is 5.91 Å². The van der Waals surface area contributed by atoms with Crippen molar-refractivity contribution in [2.45, 2.75) is 39.3 Å². The Balaban J connectivity index is 1.45. The van der Waals surface area contributed by atoms with Crippen LogP contribution < -0.4 is 10.2 Å². The first-order chi connectivity index (χ1) is 14.3. The Bertz CT molecular complexity index is 1110. The summed E-state index contributed by atoms with van der Waals surface area (Å²) in [5, 5.41) is 7.17. The number of carbonyl (C=O) groups excluding carboxylic acids is 1. The topological polar surface area (TPSA) is 75.9 Å². The number of anilines is 2. The largest absolute Gasteiger partial charge is 0.346 e. The summed E-state index contributed by atoms with van der Waals surface area (Å²) in [6.07, 6.45) is 4.92. The van der Waals surface area contributed by atoms with Gasteiger partial charge in [-0.25, -0.2) is 18.7 Å². The van der Waals surface area contributed by atoms with E-state index < -0.39 is 11.6 Å². The zero-order valence-corrected chi connectivity index (χ0v) is 17.0. The molecule has 0 saturated carbocycles. The van der Waals surface area contributed by atoms with Crippen LogP contribution in [0.3, 0.4) is 0 Å². The van der Waals surface area contributed by atoms with Crippen LogP contribution in [-0.4, -0.2) is 38.7 Å². The minimum atomic E-state index is -0.865. The summed E-state index contributed by atoms with van der Waals surface area (Å²) >= 11 is 0. The van der Waals surface area contributed by atoms with Crippen molar-refractivity contribution in [1.82, 2.24) is 19.7 Å². The number of aryl methyl sites for hydroxylation is 3. The zero-order valence-electron chi connectivity index (χ0n) is 17.0. The van der Waals surface area contributed by atoms with Crippen molar-refractivity contribution in [2.24, 2.45) is 0 Å². The molecule has 4 rings (SSSR count). The minimum absolute atomic E-state index is 0.0714. The van der Waals surface area contributed by atoms with Gasteiger partial charge >= 0.3 is 0 Å². The molecule has 0 spiro atoms. The number of aromatic nitrogens is 4. The molecule has 0 unspecified atom stereocenters. The maximum atomic E-state index is 13.4. The van der Waals surface area contributed by atoms with E-state index in [0.717, 1.165) is 23.1 Å². The van der Waals surface area contributed by atoms with E-state index in [9.17, 15) is 13.6 Å². The average Bonchev–Trinajstić information content (AvgIpc) is 3.16. The molecule has 1 aromatic carbocycles. The second-order valence-electron chi connectivity index (χ2n) is 7.49. The van der Waals surface area contributed by atoms with Crippen molar-refractivity contribution in [2.75, 3.05) is 17.3 Å². The highest BCUT2D eigenvalue weighted by atomic mass is 19.2. The number of nitrogens with zero attached hydrogens (tertiary/aromatic N) is 5. The number of fused-ring (bicyclic) bond motifs is 1. The molecule has 0 aliphatic carbocycles. The number of rotatable bonds is 5. The fourth-order valence-corrected chi connectivity index (χ4v) is 3.42. The summed E-state index contributed by atoms with van der Waals surface area (Å²) in [6.45, 7) is 4.04. The third kappa shape index (κ3) is 3.87. The van der Waals surface area contributed by atoms with Gasteiger partial charge in [-0.1, -0.05) is 6.07 Å². The molecule has 0 radical (unpaired) electrons. The van der Waals surface area contributed by atoms with E-state index >= 15 is 0 Å². The Morgan fingerprint density at radius 3 is 2.70 bits per heavy atom. The molecule has 9 heteroatoms. The molecule has 3 heterocycles. The van der Waals surface area contributed by atoms with Gasteiger partial charge < -0.3 is 10.2 Å². The molecule has 156 valence electrons. The predicted octanol–water partition coefficient (Wildman–Crippen LogP) is 2.87. The third-order valence-corrected chi connectivity index (χ3v) is 5.31. The van der Waals surface area contributed by atoms with Crippen LogP contribution in [0.15, 0.2) is 30.6 Å². The second kappa shape index (κ2) is 7.81. The fraction of sp³-hybridized carbons (Fsp3) is 0.333. The number of hydrogen-bond donors (Lipinski definition) is 1. The molecule has 1 N–H and O–H groups in total. The molecule has 0 fully saturated rings. The molecular weight excluding hydrogens is 390 g/mol. The van der Waals surface area contributed by atoms with Crippen LogP contribution in [0.2, 0.25) is 0 Å². The predicted molar refractivity (Wildman–Crippen MR) is 108 cm³/mol. The second-order valence-corrected chi connectivity index (χ2v) is 7.49. The van der Waals surface area contributed by atoms with E-state index in [1.54, 1.807) is 16.9 Å². The molecule has 7 nitrogen and oxygen atoms in total. The summed E-state index contributed by atoms with van der Waals surface area (Å²) < 4.78 is 28.1. The van der Waals surface area contributed by atoms with Gasteiger partial charge in [0.15, 0.2) is 17.5 Å². The van der Waals surface area contributed by atoms with E-state index in [0.29, 0.717) is 36.5 Å². The molecule has 30 heavy (non-hydrogen) atoms. The SMILES string of the molecule is Cc1nc(CCc2cnn(Cc3ccc(F)c(F)c3)c2)nc2c1NC(=O)[C@H](C)N2C. The Morgan fingerprint density at radius 2 is 1.93 bits per heavy atom. The Labute approximate surface area is 172 Å². The highest BCUT2D eigenvalue weighted by molar-refractivity contribution is 6.02. The average molecular weight is 412 g/mol. The van der Waals surface area contributed by atoms with Crippen molar-refractivity contribution < 1.29 is 13.6 Å². The summed E-state index contributed by atoms with van der Waals surface area (Å²) in [7, 11) is 1.85. The number of halogens is 2. The van der Waals surface area contributed by atoms with Crippen molar-refractivity contribution in [3.63, 3.8) is 0 Å². The Kier molecular flexibility index (Phi) is 5.19. The molecular formula is C21H22F2N6O. The zero-order chi connectivity index (χ0) is 21.4. The number of benzene rings is 1. The van der Waals surface area contributed by atoms with Gasteiger partial charge in [-0.05, 0) is 43.5 Å². The summed E-state index contributed by atoms with van der Waals surface area (Å²) in [5.74, 6) is -0.388. The van der Waals surface area contributed by atoms with Gasteiger partial charge in [0.25, 0.3) is 0 Å². The number of likely N-dealkylation sites (N-methyl/N-ethyl adjacent to an activating group) is 1. The van der Waals surface area contributed by atoms with E-state index in [-0.39, 0.29) is 11.9 Å². The molecule has 0 saturated heterocycles. The minimum Gasteiger partial charge on any atom is -0.346 e. The molecule has 1 aliphatic heterocycles. The maximum absolute atomic E-state index is 13.4. The molecule has 1 amide bonds. The van der Waals surface area contributed by atoms with Crippen LogP contribution in [0.5, 0.6) is 0 Å². The van der Waals surface area contributed by atoms with Crippen LogP contribution >= 0.6 is 0 Å². The van der Waals surface area contributed by atoms with E-state index in [1.165, 1.54) is 6.07 Å². The van der Waals surface area contributed by atoms with Gasteiger partial charge in [0.05, 0.1) is 18.4 Å². The normalized spacial score (nSPS) is 15.8. The first-order valence-corrected chi connectivity index (χ1v) is 9.68. The van der Waals surface area contributed by atoms with Gasteiger partial charge in [-0.3, -0.25) is 9.48 Å². The lowest BCUT2D eigenvalue weighted by atomic mass is 10.1. The molecule has 2 aromatic heterocycles. The number of nitrogens with one attached hydrogen (secondary N) is 1. The first-order valence-electron chi connectivity index (χ1n) is 9.68. The third-order valence-electron chi connectivity index (χ3n) is 5.31. The van der Waals surface area contributed by atoms with E-state index in [1.807, 2.05) is 32.0 Å². The lowest BCUT2D eigenvalue weighted by Gasteiger charge is -2.32. The van der Waals surface area contributed by atoms with Crippen LogP contribution in [0.4, 0.5) is 20.3 Å². The molecule has 3 aromatic rings. The van der Waals surface area contributed by atoms with Gasteiger partial charge in [0, 0.05) is 19.7 Å².